The average molecular weight is 488 g/mol. The molecule has 1 aromatic heterocycles. The third-order valence-electron chi connectivity index (χ3n) is 6.67. The zero-order valence-electron chi connectivity index (χ0n) is 21.0. The second-order valence-electron chi connectivity index (χ2n) is 10.2. The van der Waals surface area contributed by atoms with E-state index in [4.69, 9.17) is 4.74 Å². The molecule has 33 heavy (non-hydrogen) atoms. The fraction of sp³-hybridized carbons (Fsp3) is 0.556. The van der Waals surface area contributed by atoms with Gasteiger partial charge in [0.05, 0.1) is 4.21 Å². The maximum absolute atomic E-state index is 12.3. The minimum absolute atomic E-state index is 0.0909. The molecule has 0 aliphatic heterocycles. The molecule has 6 heteroatoms. The Hall–Kier alpha value is -1.79. The molecule has 0 radical (unpaired) electrons. The molecule has 4 nitrogen and oxygen atoms in total. The average Bonchev–Trinajstić information content (AvgIpc) is 3.55. The number of rotatable bonds is 10. The van der Waals surface area contributed by atoms with E-state index in [2.05, 4.69) is 43.7 Å². The van der Waals surface area contributed by atoms with Crippen LogP contribution in [-0.2, 0) is 15.0 Å². The van der Waals surface area contributed by atoms with E-state index >= 15 is 0 Å². The second kappa shape index (κ2) is 10.2. The molecule has 0 unspecified atom stereocenters. The Morgan fingerprint density at radius 2 is 1.76 bits per heavy atom. The summed E-state index contributed by atoms with van der Waals surface area (Å²) in [5.41, 5.74) is 3.01. The van der Waals surface area contributed by atoms with Gasteiger partial charge < -0.3 is 4.74 Å². The number of carbonyl (C=O) groups excluding carboxylic acids is 2. The quantitative estimate of drug-likeness (QED) is 0.367. The summed E-state index contributed by atoms with van der Waals surface area (Å²) in [7, 11) is 0. The van der Waals surface area contributed by atoms with Crippen molar-refractivity contribution in [3.05, 3.63) is 45.8 Å². The van der Waals surface area contributed by atoms with Crippen molar-refractivity contribution in [3.63, 3.8) is 0 Å². The van der Waals surface area contributed by atoms with Gasteiger partial charge in [0.25, 0.3) is 0 Å². The van der Waals surface area contributed by atoms with Crippen LogP contribution in [0.25, 0.3) is 0 Å². The summed E-state index contributed by atoms with van der Waals surface area (Å²) in [5, 5.41) is 0. The number of benzene rings is 1. The van der Waals surface area contributed by atoms with Gasteiger partial charge in [-0.05, 0) is 80.3 Å². The van der Waals surface area contributed by atoms with E-state index in [-0.39, 0.29) is 29.6 Å². The Bertz CT molecular complexity index is 1010. The highest BCUT2D eigenvalue weighted by molar-refractivity contribution is 7.99. The second-order valence-corrected chi connectivity index (χ2v) is 12.3. The summed E-state index contributed by atoms with van der Waals surface area (Å²) < 4.78 is 10.1. The molecule has 1 heterocycles. The number of thiophene rings is 1. The van der Waals surface area contributed by atoms with Crippen molar-refractivity contribution in [3.8, 4) is 5.75 Å². The van der Waals surface area contributed by atoms with Gasteiger partial charge in [0.1, 0.15) is 12.4 Å². The molecule has 1 aromatic carbocycles. The fourth-order valence-electron chi connectivity index (χ4n) is 3.95. The van der Waals surface area contributed by atoms with Crippen LogP contribution >= 0.6 is 23.3 Å². The highest BCUT2D eigenvalue weighted by Gasteiger charge is 2.34. The molecule has 0 atom stereocenters. The van der Waals surface area contributed by atoms with Crippen molar-refractivity contribution in [1.82, 2.24) is 4.72 Å². The highest BCUT2D eigenvalue weighted by atomic mass is 32.2. The van der Waals surface area contributed by atoms with Gasteiger partial charge in [-0.25, -0.2) is 0 Å². The lowest BCUT2D eigenvalue weighted by Gasteiger charge is -2.32. The normalized spacial score (nSPS) is 14.3. The zero-order valence-corrected chi connectivity index (χ0v) is 22.6. The molecule has 180 valence electrons. The van der Waals surface area contributed by atoms with Crippen LogP contribution in [-0.4, -0.2) is 18.3 Å². The first kappa shape index (κ1) is 25.8. The number of amides is 1. The Kier molecular flexibility index (Phi) is 8.00. The summed E-state index contributed by atoms with van der Waals surface area (Å²) in [6.07, 6.45) is 3.98. The third-order valence-corrected chi connectivity index (χ3v) is 9.21. The number of ketones is 1. The monoisotopic (exact) mass is 487 g/mol. The van der Waals surface area contributed by atoms with Crippen molar-refractivity contribution < 1.29 is 14.3 Å². The van der Waals surface area contributed by atoms with Gasteiger partial charge in [-0.1, -0.05) is 46.8 Å². The first-order chi connectivity index (χ1) is 15.5. The predicted molar refractivity (Wildman–Crippen MR) is 138 cm³/mol. The number of carbonyl (C=O) groups is 2. The number of aryl methyl sites for hydroxylation is 2. The molecule has 0 bridgehead atoms. The Morgan fingerprint density at radius 1 is 1.09 bits per heavy atom. The number of Topliss-reactive ketones (excluding diaryl/α,β-unsaturated/α-hetero) is 1. The smallest absolute Gasteiger partial charge is 0.233 e. The molecule has 1 fully saturated rings. The summed E-state index contributed by atoms with van der Waals surface area (Å²) >= 11 is 3.24. The van der Waals surface area contributed by atoms with Gasteiger partial charge in [0, 0.05) is 21.6 Å². The van der Waals surface area contributed by atoms with E-state index in [1.54, 1.807) is 11.3 Å². The van der Waals surface area contributed by atoms with Gasteiger partial charge in [-0.3, -0.25) is 14.3 Å². The topological polar surface area (TPSA) is 55.4 Å². The molecular weight excluding hydrogens is 450 g/mol. The molecule has 1 N–H and O–H groups in total. The number of nitrogens with one attached hydrogen (secondary N) is 1. The van der Waals surface area contributed by atoms with Gasteiger partial charge >= 0.3 is 0 Å². The minimum atomic E-state index is -0.404. The Balaban J connectivity index is 1.82. The number of ether oxygens (including phenoxy) is 1. The summed E-state index contributed by atoms with van der Waals surface area (Å²) in [6, 6.07) is 8.64. The lowest BCUT2D eigenvalue weighted by molar-refractivity contribution is -0.128. The molecule has 0 spiro atoms. The Morgan fingerprint density at radius 3 is 2.30 bits per heavy atom. The van der Waals surface area contributed by atoms with Crippen LogP contribution in [0.5, 0.6) is 5.75 Å². The molecule has 3 rings (SSSR count). The molecule has 1 aliphatic carbocycles. The molecule has 2 aromatic rings. The largest absolute Gasteiger partial charge is 0.486 e. The number of hydrogen-bond acceptors (Lipinski definition) is 5. The standard InChI is InChI=1S/C27H37NO3S2/c1-8-27(9-2,23-15-18(4)25(32-23)33-28-24(30)19-10-11-19)20-12-13-21(17(3)14-20)31-16-22(29)26(5,6)7/h12-15,19H,8-11,16H2,1-7H3,(H,28,30). The third kappa shape index (κ3) is 5.83. The summed E-state index contributed by atoms with van der Waals surface area (Å²) in [6.45, 7) is 14.5. The van der Waals surface area contributed by atoms with Gasteiger partial charge in [0.15, 0.2) is 5.78 Å². The van der Waals surface area contributed by atoms with Crippen molar-refractivity contribution in [1.29, 1.82) is 0 Å². The van der Waals surface area contributed by atoms with Crippen molar-refractivity contribution >= 4 is 35.0 Å². The minimum Gasteiger partial charge on any atom is -0.486 e. The van der Waals surface area contributed by atoms with Gasteiger partial charge in [-0.15, -0.1) is 11.3 Å². The van der Waals surface area contributed by atoms with Crippen LogP contribution in [0.1, 0.15) is 81.9 Å². The van der Waals surface area contributed by atoms with Crippen LogP contribution in [0.15, 0.2) is 28.5 Å². The van der Waals surface area contributed by atoms with E-state index < -0.39 is 5.41 Å². The molecule has 1 saturated carbocycles. The SMILES string of the molecule is CCC(CC)(c1ccc(OCC(=O)C(C)(C)C)c(C)c1)c1cc(C)c(SNC(=O)C2CC2)s1. The molecule has 0 saturated heterocycles. The van der Waals surface area contributed by atoms with E-state index in [0.717, 1.165) is 41.2 Å². The maximum Gasteiger partial charge on any atom is 0.233 e. The van der Waals surface area contributed by atoms with E-state index in [1.165, 1.54) is 28.0 Å². The van der Waals surface area contributed by atoms with Crippen LogP contribution < -0.4 is 9.46 Å². The Labute approximate surface area is 207 Å². The first-order valence-corrected chi connectivity index (χ1v) is 13.5. The van der Waals surface area contributed by atoms with Crippen LogP contribution in [0.4, 0.5) is 0 Å². The first-order valence-electron chi connectivity index (χ1n) is 11.9. The fourth-order valence-corrected chi connectivity index (χ4v) is 6.34. The number of hydrogen-bond donors (Lipinski definition) is 1. The van der Waals surface area contributed by atoms with Crippen molar-refractivity contribution in [2.24, 2.45) is 11.3 Å². The van der Waals surface area contributed by atoms with Crippen LogP contribution in [0.3, 0.4) is 0 Å². The van der Waals surface area contributed by atoms with E-state index in [0.29, 0.717) is 0 Å². The van der Waals surface area contributed by atoms with Crippen LogP contribution in [0, 0.1) is 25.2 Å². The van der Waals surface area contributed by atoms with Crippen molar-refractivity contribution in [2.45, 2.75) is 83.8 Å². The van der Waals surface area contributed by atoms with Gasteiger partial charge in [0.2, 0.25) is 5.91 Å². The van der Waals surface area contributed by atoms with Crippen molar-refractivity contribution in [2.75, 3.05) is 6.61 Å². The lowest BCUT2D eigenvalue weighted by atomic mass is 9.74. The zero-order chi connectivity index (χ0) is 24.4. The summed E-state index contributed by atoms with van der Waals surface area (Å²) in [4.78, 5) is 25.7. The predicted octanol–water partition coefficient (Wildman–Crippen LogP) is 7.00. The molecule has 1 aliphatic rings. The van der Waals surface area contributed by atoms with Gasteiger partial charge in [-0.2, -0.15) is 0 Å². The lowest BCUT2D eigenvalue weighted by Crippen LogP contribution is -2.27. The highest BCUT2D eigenvalue weighted by Crippen LogP contribution is 2.46. The van der Waals surface area contributed by atoms with E-state index in [1.807, 2.05) is 33.8 Å². The maximum atomic E-state index is 12.3. The van der Waals surface area contributed by atoms with Crippen LogP contribution in [0.2, 0.25) is 0 Å². The summed E-state index contributed by atoms with van der Waals surface area (Å²) in [5.74, 6) is 1.22. The molecular formula is C27H37NO3S2. The molecule has 1 amide bonds. The van der Waals surface area contributed by atoms with E-state index in [9.17, 15) is 9.59 Å².